The van der Waals surface area contributed by atoms with Crippen LogP contribution >= 0.6 is 11.8 Å². The highest BCUT2D eigenvalue weighted by atomic mass is 32.2. The summed E-state index contributed by atoms with van der Waals surface area (Å²) in [7, 11) is 1.62. The smallest absolute Gasteiger partial charge is 0.268 e. The van der Waals surface area contributed by atoms with Gasteiger partial charge in [0, 0.05) is 23.4 Å². The molecule has 1 fully saturated rings. The van der Waals surface area contributed by atoms with Gasteiger partial charge in [-0.3, -0.25) is 9.59 Å². The SMILES string of the molecule is COc1ccc2c(c1)C1(SCCN1C(=O)c1ccccc1C)C(=O)N2Cc1cccc(C)c1. The zero-order valence-corrected chi connectivity index (χ0v) is 19.8. The summed E-state index contributed by atoms with van der Waals surface area (Å²) >= 11 is 1.54. The lowest BCUT2D eigenvalue weighted by Gasteiger charge is -2.33. The predicted molar refractivity (Wildman–Crippen MR) is 132 cm³/mol. The van der Waals surface area contributed by atoms with Crippen LogP contribution in [0.25, 0.3) is 0 Å². The monoisotopic (exact) mass is 458 g/mol. The Morgan fingerprint density at radius 1 is 1.06 bits per heavy atom. The van der Waals surface area contributed by atoms with Crippen LogP contribution in [-0.4, -0.2) is 36.1 Å². The van der Waals surface area contributed by atoms with Crippen LogP contribution in [0.3, 0.4) is 0 Å². The molecule has 5 nitrogen and oxygen atoms in total. The Kier molecular flexibility index (Phi) is 5.41. The molecule has 6 heteroatoms. The molecular formula is C27H26N2O3S. The largest absolute Gasteiger partial charge is 0.497 e. The van der Waals surface area contributed by atoms with Crippen LogP contribution < -0.4 is 9.64 Å². The molecule has 2 amide bonds. The number of benzene rings is 3. The molecule has 168 valence electrons. The third-order valence-corrected chi connectivity index (χ3v) is 7.86. The van der Waals surface area contributed by atoms with E-state index in [1.807, 2.05) is 79.4 Å². The molecule has 1 spiro atoms. The molecule has 1 unspecified atom stereocenters. The number of aryl methyl sites for hydroxylation is 2. The van der Waals surface area contributed by atoms with E-state index in [9.17, 15) is 9.59 Å². The minimum atomic E-state index is -1.09. The maximum absolute atomic E-state index is 14.2. The van der Waals surface area contributed by atoms with Crippen molar-refractivity contribution in [3.8, 4) is 5.75 Å². The Morgan fingerprint density at radius 3 is 2.64 bits per heavy atom. The van der Waals surface area contributed by atoms with E-state index in [-0.39, 0.29) is 11.8 Å². The van der Waals surface area contributed by atoms with Crippen LogP contribution in [-0.2, 0) is 16.2 Å². The molecule has 0 radical (unpaired) electrons. The number of hydrogen-bond acceptors (Lipinski definition) is 4. The number of thioether (sulfide) groups is 1. The fourth-order valence-electron chi connectivity index (χ4n) is 4.83. The van der Waals surface area contributed by atoms with Gasteiger partial charge >= 0.3 is 0 Å². The van der Waals surface area contributed by atoms with Gasteiger partial charge in [0.1, 0.15) is 5.75 Å². The van der Waals surface area contributed by atoms with Crippen molar-refractivity contribution in [2.24, 2.45) is 0 Å². The van der Waals surface area contributed by atoms with Crippen LogP contribution in [0.5, 0.6) is 5.75 Å². The van der Waals surface area contributed by atoms with Gasteiger partial charge in [-0.05, 0) is 49.2 Å². The minimum Gasteiger partial charge on any atom is -0.497 e. The molecule has 3 aromatic carbocycles. The van der Waals surface area contributed by atoms with E-state index in [1.54, 1.807) is 12.0 Å². The maximum atomic E-state index is 14.2. The molecule has 1 atom stereocenters. The molecule has 0 aromatic heterocycles. The maximum Gasteiger partial charge on any atom is 0.268 e. The summed E-state index contributed by atoms with van der Waals surface area (Å²) in [6.07, 6.45) is 0. The van der Waals surface area contributed by atoms with Crippen molar-refractivity contribution in [3.63, 3.8) is 0 Å². The third kappa shape index (κ3) is 3.40. The van der Waals surface area contributed by atoms with Crippen LogP contribution in [0.4, 0.5) is 5.69 Å². The van der Waals surface area contributed by atoms with Crippen LogP contribution in [0.15, 0.2) is 66.7 Å². The number of rotatable bonds is 4. The summed E-state index contributed by atoms with van der Waals surface area (Å²) in [5.74, 6) is 1.18. The lowest BCUT2D eigenvalue weighted by atomic mass is 10.0. The Bertz CT molecular complexity index is 1260. The van der Waals surface area contributed by atoms with E-state index in [0.717, 1.165) is 27.9 Å². The molecule has 5 rings (SSSR count). The van der Waals surface area contributed by atoms with Crippen molar-refractivity contribution < 1.29 is 14.3 Å². The van der Waals surface area contributed by atoms with E-state index in [2.05, 4.69) is 6.07 Å². The first kappa shape index (κ1) is 21.6. The molecule has 0 aliphatic carbocycles. The second kappa shape index (κ2) is 8.27. The fourth-order valence-corrected chi connectivity index (χ4v) is 6.28. The van der Waals surface area contributed by atoms with E-state index < -0.39 is 4.87 Å². The topological polar surface area (TPSA) is 49.9 Å². The number of carbonyl (C=O) groups excluding carboxylic acids is 2. The number of nitrogens with zero attached hydrogens (tertiary/aromatic N) is 2. The number of anilines is 1. The van der Waals surface area contributed by atoms with Crippen molar-refractivity contribution in [3.05, 3.63) is 94.5 Å². The zero-order chi connectivity index (χ0) is 23.2. The molecule has 3 aromatic rings. The van der Waals surface area contributed by atoms with E-state index >= 15 is 0 Å². The molecule has 1 saturated heterocycles. The molecule has 2 aliphatic rings. The summed E-state index contributed by atoms with van der Waals surface area (Å²) < 4.78 is 5.50. The number of ether oxygens (including phenoxy) is 1. The van der Waals surface area contributed by atoms with E-state index in [0.29, 0.717) is 30.2 Å². The summed E-state index contributed by atoms with van der Waals surface area (Å²) in [4.78, 5) is 30.4. The Morgan fingerprint density at radius 2 is 1.88 bits per heavy atom. The molecule has 0 saturated carbocycles. The first-order valence-corrected chi connectivity index (χ1v) is 12.0. The highest BCUT2D eigenvalue weighted by molar-refractivity contribution is 8.01. The average Bonchev–Trinajstić information content (AvgIpc) is 3.36. The first-order valence-electron chi connectivity index (χ1n) is 11.0. The molecule has 2 aliphatic heterocycles. The number of hydrogen-bond donors (Lipinski definition) is 0. The summed E-state index contributed by atoms with van der Waals surface area (Å²) in [5.41, 5.74) is 5.40. The quantitative estimate of drug-likeness (QED) is 0.558. The van der Waals surface area contributed by atoms with Crippen LogP contribution in [0.2, 0.25) is 0 Å². The Labute approximate surface area is 198 Å². The Hall–Kier alpha value is -3.25. The highest BCUT2D eigenvalue weighted by Crippen LogP contribution is 2.55. The van der Waals surface area contributed by atoms with E-state index in [4.69, 9.17) is 4.74 Å². The van der Waals surface area contributed by atoms with Crippen molar-refractivity contribution in [2.75, 3.05) is 24.3 Å². The molecule has 0 N–H and O–H groups in total. The average molecular weight is 459 g/mol. The number of fused-ring (bicyclic) bond motifs is 2. The lowest BCUT2D eigenvalue weighted by molar-refractivity contribution is -0.123. The summed E-state index contributed by atoms with van der Waals surface area (Å²) in [5, 5.41) is 0. The van der Waals surface area contributed by atoms with Crippen LogP contribution in [0.1, 0.15) is 32.6 Å². The van der Waals surface area contributed by atoms with Crippen molar-refractivity contribution >= 4 is 29.3 Å². The second-order valence-corrected chi connectivity index (χ2v) is 9.82. The Balaban J connectivity index is 1.63. The van der Waals surface area contributed by atoms with Crippen molar-refractivity contribution in [1.82, 2.24) is 4.90 Å². The fraction of sp³-hybridized carbons (Fsp3) is 0.259. The zero-order valence-electron chi connectivity index (χ0n) is 19.0. The van der Waals surface area contributed by atoms with Gasteiger partial charge in [0.2, 0.25) is 0 Å². The second-order valence-electron chi connectivity index (χ2n) is 8.53. The first-order chi connectivity index (χ1) is 16.0. The molecule has 2 heterocycles. The van der Waals surface area contributed by atoms with Gasteiger partial charge in [-0.15, -0.1) is 11.8 Å². The van der Waals surface area contributed by atoms with Gasteiger partial charge in [0.15, 0.2) is 4.87 Å². The molecule has 0 bridgehead atoms. The molecule has 33 heavy (non-hydrogen) atoms. The number of amides is 2. The van der Waals surface area contributed by atoms with E-state index in [1.165, 1.54) is 11.8 Å². The minimum absolute atomic E-state index is 0.0725. The van der Waals surface area contributed by atoms with Gasteiger partial charge in [-0.1, -0.05) is 48.0 Å². The number of methoxy groups -OCH3 is 1. The summed E-state index contributed by atoms with van der Waals surface area (Å²) in [6.45, 7) is 4.94. The highest BCUT2D eigenvalue weighted by Gasteiger charge is 2.59. The van der Waals surface area contributed by atoms with Gasteiger partial charge in [-0.2, -0.15) is 0 Å². The van der Waals surface area contributed by atoms with Crippen molar-refractivity contribution in [2.45, 2.75) is 25.3 Å². The van der Waals surface area contributed by atoms with Gasteiger partial charge in [-0.25, -0.2) is 0 Å². The van der Waals surface area contributed by atoms with Gasteiger partial charge in [0.25, 0.3) is 11.8 Å². The normalized spacial score (nSPS) is 19.3. The molecular weight excluding hydrogens is 432 g/mol. The van der Waals surface area contributed by atoms with Crippen molar-refractivity contribution in [1.29, 1.82) is 0 Å². The number of carbonyl (C=O) groups is 2. The standard InChI is InChI=1S/C27H26N2O3S/c1-18-7-6-9-20(15-18)17-28-24-12-11-21(32-3)16-23(24)27(26(28)31)29(13-14-33-27)25(30)22-10-5-4-8-19(22)2/h4-12,15-16H,13-14,17H2,1-3H3. The third-order valence-electron chi connectivity index (χ3n) is 6.44. The van der Waals surface area contributed by atoms with Gasteiger partial charge in [0.05, 0.1) is 19.3 Å². The predicted octanol–water partition coefficient (Wildman–Crippen LogP) is 4.90. The lowest BCUT2D eigenvalue weighted by Crippen LogP contribution is -2.50. The van der Waals surface area contributed by atoms with Crippen LogP contribution in [0, 0.1) is 13.8 Å². The summed E-state index contributed by atoms with van der Waals surface area (Å²) in [6, 6.07) is 21.5. The van der Waals surface area contributed by atoms with Gasteiger partial charge < -0.3 is 14.5 Å².